The van der Waals surface area contributed by atoms with E-state index in [9.17, 15) is 21.6 Å². The lowest BCUT2D eigenvalue weighted by atomic mass is 10.1. The summed E-state index contributed by atoms with van der Waals surface area (Å²) in [6, 6.07) is 4.61. The number of benzene rings is 1. The van der Waals surface area contributed by atoms with Gasteiger partial charge in [0.25, 0.3) is 0 Å². The number of halogens is 3. The van der Waals surface area contributed by atoms with Gasteiger partial charge in [-0.15, -0.1) is 0 Å². The van der Waals surface area contributed by atoms with Crippen molar-refractivity contribution in [1.82, 2.24) is 14.5 Å². The van der Waals surface area contributed by atoms with Gasteiger partial charge in [0.2, 0.25) is 10.0 Å². The van der Waals surface area contributed by atoms with Gasteiger partial charge in [-0.2, -0.15) is 18.3 Å². The Morgan fingerprint density at radius 1 is 1.21 bits per heavy atom. The molecule has 0 atom stereocenters. The van der Waals surface area contributed by atoms with Crippen LogP contribution in [-0.2, 0) is 46.9 Å². The van der Waals surface area contributed by atoms with Crippen molar-refractivity contribution in [3.05, 3.63) is 40.7 Å². The average Bonchev–Trinajstić information content (AvgIpc) is 3.25. The average molecular weight is 417 g/mol. The highest BCUT2D eigenvalue weighted by Crippen LogP contribution is 2.34. The maximum atomic E-state index is 13.2. The fraction of sp³-hybridized carbons (Fsp3) is 0.471. The first-order chi connectivity index (χ1) is 13.3. The van der Waals surface area contributed by atoms with Crippen LogP contribution in [0.1, 0.15) is 22.5 Å². The third-order valence-electron chi connectivity index (χ3n) is 4.75. The predicted octanol–water partition coefficient (Wildman–Crippen LogP) is 1.89. The molecule has 28 heavy (non-hydrogen) atoms. The van der Waals surface area contributed by atoms with Gasteiger partial charge in [0.05, 0.1) is 31.3 Å². The molecule has 2 aliphatic heterocycles. The van der Waals surface area contributed by atoms with Crippen molar-refractivity contribution in [2.75, 3.05) is 19.8 Å². The summed E-state index contributed by atoms with van der Waals surface area (Å²) in [7, 11) is -3.79. The summed E-state index contributed by atoms with van der Waals surface area (Å²) < 4.78 is 78.7. The Balaban J connectivity index is 1.49. The second kappa shape index (κ2) is 7.05. The summed E-state index contributed by atoms with van der Waals surface area (Å²) in [6.07, 6.45) is -3.64. The molecule has 0 saturated carbocycles. The van der Waals surface area contributed by atoms with E-state index in [0.717, 1.165) is 5.56 Å². The van der Waals surface area contributed by atoms with E-state index in [1.54, 1.807) is 12.1 Å². The smallest absolute Gasteiger partial charge is 0.435 e. The van der Waals surface area contributed by atoms with Crippen LogP contribution in [0.4, 0.5) is 13.2 Å². The van der Waals surface area contributed by atoms with Crippen molar-refractivity contribution >= 4 is 10.0 Å². The highest BCUT2D eigenvalue weighted by atomic mass is 32.2. The maximum Gasteiger partial charge on any atom is 0.435 e. The molecule has 0 fully saturated rings. The SMILES string of the molecule is O=S(=O)(NCCn1nc(C(F)(F)F)c2c1CCOC2)c1ccc2c(c1)CCO2. The summed E-state index contributed by atoms with van der Waals surface area (Å²) in [6.45, 7) is 0.585. The van der Waals surface area contributed by atoms with E-state index in [1.807, 2.05) is 0 Å². The Morgan fingerprint density at radius 3 is 2.82 bits per heavy atom. The minimum absolute atomic E-state index is 0.00824. The van der Waals surface area contributed by atoms with Gasteiger partial charge in [-0.05, 0) is 23.8 Å². The van der Waals surface area contributed by atoms with Crippen LogP contribution in [-0.4, -0.2) is 38.0 Å². The third-order valence-corrected chi connectivity index (χ3v) is 6.21. The summed E-state index contributed by atoms with van der Waals surface area (Å²) >= 11 is 0. The van der Waals surface area contributed by atoms with Crippen LogP contribution in [0.5, 0.6) is 5.75 Å². The van der Waals surface area contributed by atoms with E-state index in [-0.39, 0.29) is 30.2 Å². The van der Waals surface area contributed by atoms with Crippen LogP contribution in [0, 0.1) is 0 Å². The minimum atomic E-state index is -4.58. The normalized spacial score (nSPS) is 16.5. The van der Waals surface area contributed by atoms with Crippen LogP contribution in [0.2, 0.25) is 0 Å². The predicted molar refractivity (Wildman–Crippen MR) is 91.4 cm³/mol. The van der Waals surface area contributed by atoms with E-state index in [2.05, 4.69) is 9.82 Å². The molecule has 7 nitrogen and oxygen atoms in total. The topological polar surface area (TPSA) is 82.5 Å². The van der Waals surface area contributed by atoms with E-state index in [4.69, 9.17) is 9.47 Å². The zero-order chi connectivity index (χ0) is 19.9. The molecule has 0 unspecified atom stereocenters. The molecule has 3 heterocycles. The first-order valence-corrected chi connectivity index (χ1v) is 10.2. The molecule has 0 saturated heterocycles. The zero-order valence-electron chi connectivity index (χ0n) is 14.8. The molecule has 2 aromatic rings. The molecule has 152 valence electrons. The van der Waals surface area contributed by atoms with E-state index in [0.29, 0.717) is 37.5 Å². The Hall–Kier alpha value is -2.11. The molecule has 0 radical (unpaired) electrons. The van der Waals surface area contributed by atoms with E-state index >= 15 is 0 Å². The monoisotopic (exact) mass is 417 g/mol. The largest absolute Gasteiger partial charge is 0.493 e. The number of aromatic nitrogens is 2. The Morgan fingerprint density at radius 2 is 2.04 bits per heavy atom. The molecule has 1 aromatic heterocycles. The summed E-state index contributed by atoms with van der Waals surface area (Å²) in [5, 5.41) is 3.66. The number of nitrogens with one attached hydrogen (secondary N) is 1. The molecule has 1 N–H and O–H groups in total. The summed E-state index contributed by atoms with van der Waals surface area (Å²) in [5.74, 6) is 0.670. The van der Waals surface area contributed by atoms with E-state index < -0.39 is 21.9 Å². The van der Waals surface area contributed by atoms with Crippen molar-refractivity contribution in [1.29, 1.82) is 0 Å². The molecule has 0 aliphatic carbocycles. The summed E-state index contributed by atoms with van der Waals surface area (Å²) in [5.41, 5.74) is 0.315. The molecular formula is C17H18F3N3O4S. The standard InChI is InChI=1S/C17H18F3N3O4S/c18-17(19,20)16-13-10-26-7-4-14(13)23(22-16)6-5-21-28(24,25)12-1-2-15-11(9-12)3-8-27-15/h1-2,9,21H,3-8,10H2. The van der Waals surface area contributed by atoms with Crippen LogP contribution < -0.4 is 9.46 Å². The molecule has 1 aromatic carbocycles. The Kier molecular flexibility index (Phi) is 4.84. The first-order valence-electron chi connectivity index (χ1n) is 8.74. The maximum absolute atomic E-state index is 13.2. The van der Waals surface area contributed by atoms with Crippen LogP contribution in [0.15, 0.2) is 23.1 Å². The quantitative estimate of drug-likeness (QED) is 0.804. The zero-order valence-corrected chi connectivity index (χ0v) is 15.6. The number of hydrogen-bond acceptors (Lipinski definition) is 5. The molecule has 11 heteroatoms. The van der Waals surface area contributed by atoms with Crippen molar-refractivity contribution in [3.8, 4) is 5.75 Å². The number of alkyl halides is 3. The van der Waals surface area contributed by atoms with Crippen LogP contribution >= 0.6 is 0 Å². The number of nitrogens with zero attached hydrogens (tertiary/aromatic N) is 2. The van der Waals surface area contributed by atoms with Gasteiger partial charge in [0.1, 0.15) is 5.75 Å². The number of fused-ring (bicyclic) bond motifs is 2. The molecule has 4 rings (SSSR count). The lowest BCUT2D eigenvalue weighted by molar-refractivity contribution is -0.142. The fourth-order valence-corrected chi connectivity index (χ4v) is 4.49. The Labute approximate surface area is 159 Å². The lowest BCUT2D eigenvalue weighted by Gasteiger charge is -2.15. The number of rotatable bonds is 5. The summed E-state index contributed by atoms with van der Waals surface area (Å²) in [4.78, 5) is 0.101. The van der Waals surface area contributed by atoms with Crippen molar-refractivity contribution in [2.24, 2.45) is 0 Å². The molecule has 0 bridgehead atoms. The second-order valence-electron chi connectivity index (χ2n) is 6.56. The number of ether oxygens (including phenoxy) is 2. The van der Waals surface area contributed by atoms with Gasteiger partial charge in [-0.1, -0.05) is 0 Å². The van der Waals surface area contributed by atoms with Gasteiger partial charge in [0, 0.05) is 30.6 Å². The Bertz CT molecular complexity index is 1000. The van der Waals surface area contributed by atoms with Crippen molar-refractivity contribution < 1.29 is 31.1 Å². The molecular weight excluding hydrogens is 399 g/mol. The van der Waals surface area contributed by atoms with E-state index in [1.165, 1.54) is 10.7 Å². The van der Waals surface area contributed by atoms with Crippen molar-refractivity contribution in [3.63, 3.8) is 0 Å². The minimum Gasteiger partial charge on any atom is -0.493 e. The fourth-order valence-electron chi connectivity index (χ4n) is 3.42. The molecule has 0 amide bonds. The van der Waals surface area contributed by atoms with Gasteiger partial charge in [0.15, 0.2) is 5.69 Å². The van der Waals surface area contributed by atoms with Crippen LogP contribution in [0.25, 0.3) is 0 Å². The van der Waals surface area contributed by atoms with Gasteiger partial charge in [-0.3, -0.25) is 4.68 Å². The lowest BCUT2D eigenvalue weighted by Crippen LogP contribution is -2.28. The van der Waals surface area contributed by atoms with Crippen molar-refractivity contribution in [2.45, 2.75) is 37.1 Å². The number of hydrogen-bond donors (Lipinski definition) is 1. The van der Waals surface area contributed by atoms with Gasteiger partial charge >= 0.3 is 6.18 Å². The highest BCUT2D eigenvalue weighted by molar-refractivity contribution is 7.89. The first kappa shape index (κ1) is 19.2. The van der Waals surface area contributed by atoms with Gasteiger partial charge < -0.3 is 9.47 Å². The highest BCUT2D eigenvalue weighted by Gasteiger charge is 2.39. The number of sulfonamides is 1. The second-order valence-corrected chi connectivity index (χ2v) is 8.33. The van der Waals surface area contributed by atoms with Crippen LogP contribution in [0.3, 0.4) is 0 Å². The third kappa shape index (κ3) is 3.61. The van der Waals surface area contributed by atoms with Gasteiger partial charge in [-0.25, -0.2) is 13.1 Å². The molecule has 0 spiro atoms. The molecule has 2 aliphatic rings.